The first-order valence-electron chi connectivity index (χ1n) is 6.36. The summed E-state index contributed by atoms with van der Waals surface area (Å²) in [4.78, 5) is 36.8. The highest BCUT2D eigenvalue weighted by atomic mass is 19.4. The summed E-state index contributed by atoms with van der Waals surface area (Å²) < 4.78 is 39.9. The molecule has 0 N–H and O–H groups in total. The molecule has 9 heteroatoms. The number of benzene rings is 1. The Morgan fingerprint density at radius 2 is 1.61 bits per heavy atom. The van der Waals surface area contributed by atoms with Crippen molar-refractivity contribution in [2.75, 3.05) is 6.54 Å². The number of amides is 4. The van der Waals surface area contributed by atoms with Crippen molar-refractivity contribution < 1.29 is 32.3 Å². The van der Waals surface area contributed by atoms with Crippen LogP contribution in [0.2, 0.25) is 0 Å². The second kappa shape index (κ2) is 6.11. The van der Waals surface area contributed by atoms with Gasteiger partial charge < -0.3 is 4.74 Å². The van der Waals surface area contributed by atoms with Gasteiger partial charge in [-0.1, -0.05) is 18.2 Å². The number of nitrogens with zero attached hydrogens (tertiary/aromatic N) is 2. The molecule has 0 atom stereocenters. The predicted octanol–water partition coefficient (Wildman–Crippen LogP) is 2.06. The molecule has 23 heavy (non-hydrogen) atoms. The minimum Gasteiger partial charge on any atom is -0.406 e. The van der Waals surface area contributed by atoms with E-state index in [2.05, 4.69) is 11.3 Å². The first kappa shape index (κ1) is 16.5. The fourth-order valence-electron chi connectivity index (χ4n) is 1.96. The van der Waals surface area contributed by atoms with Crippen LogP contribution in [0.25, 0.3) is 0 Å². The fraction of sp³-hybridized carbons (Fsp3) is 0.214. The Kier molecular flexibility index (Phi) is 4.39. The maximum absolute atomic E-state index is 12.1. The molecule has 2 rings (SSSR count). The van der Waals surface area contributed by atoms with Crippen LogP contribution in [0, 0.1) is 0 Å². The van der Waals surface area contributed by atoms with Crippen LogP contribution in [0.4, 0.5) is 18.0 Å². The minimum atomic E-state index is -4.81. The van der Waals surface area contributed by atoms with Crippen molar-refractivity contribution in [2.24, 2.45) is 0 Å². The Morgan fingerprint density at radius 1 is 1.04 bits per heavy atom. The average molecular weight is 328 g/mol. The quantitative estimate of drug-likeness (QED) is 0.471. The zero-order valence-corrected chi connectivity index (χ0v) is 11.7. The molecule has 1 aliphatic rings. The molecule has 6 nitrogen and oxygen atoms in total. The first-order valence-corrected chi connectivity index (χ1v) is 6.36. The summed E-state index contributed by atoms with van der Waals surface area (Å²) in [7, 11) is 0. The van der Waals surface area contributed by atoms with E-state index >= 15 is 0 Å². The van der Waals surface area contributed by atoms with Gasteiger partial charge in [0.15, 0.2) is 0 Å². The summed E-state index contributed by atoms with van der Waals surface area (Å²) in [5, 5.41) is 0. The lowest BCUT2D eigenvalue weighted by Crippen LogP contribution is -2.33. The fourth-order valence-corrected chi connectivity index (χ4v) is 1.96. The van der Waals surface area contributed by atoms with Crippen molar-refractivity contribution in [3.63, 3.8) is 0 Å². The molecule has 1 saturated heterocycles. The largest absolute Gasteiger partial charge is 0.573 e. The van der Waals surface area contributed by atoms with Crippen LogP contribution >= 0.6 is 0 Å². The first-order chi connectivity index (χ1) is 10.7. The number of rotatable bonds is 5. The van der Waals surface area contributed by atoms with Gasteiger partial charge in [0.25, 0.3) is 0 Å². The van der Waals surface area contributed by atoms with Gasteiger partial charge in [0.1, 0.15) is 5.75 Å². The Labute approximate surface area is 128 Å². The topological polar surface area (TPSA) is 66.9 Å². The highest BCUT2D eigenvalue weighted by Crippen LogP contribution is 2.23. The number of hydrogen-bond donors (Lipinski definition) is 0. The van der Waals surface area contributed by atoms with Gasteiger partial charge in [-0.3, -0.25) is 19.4 Å². The Morgan fingerprint density at radius 3 is 2.13 bits per heavy atom. The van der Waals surface area contributed by atoms with Gasteiger partial charge in [-0.25, -0.2) is 4.79 Å². The number of urea groups is 1. The molecular formula is C14H11F3N2O4. The summed E-state index contributed by atoms with van der Waals surface area (Å²) >= 11 is 0. The van der Waals surface area contributed by atoms with Gasteiger partial charge in [-0.2, -0.15) is 0 Å². The lowest BCUT2D eigenvalue weighted by atomic mass is 10.2. The SMILES string of the molecule is C=CCN1C(=O)C(=O)N(Cc2ccc(OC(F)(F)F)cc2)C1=O. The normalized spacial score (nSPS) is 15.3. The zero-order valence-electron chi connectivity index (χ0n) is 11.7. The van der Waals surface area contributed by atoms with Crippen LogP contribution in [-0.4, -0.2) is 40.6 Å². The van der Waals surface area contributed by atoms with E-state index in [0.29, 0.717) is 10.5 Å². The van der Waals surface area contributed by atoms with E-state index in [0.717, 1.165) is 17.0 Å². The molecule has 1 heterocycles. The maximum atomic E-state index is 12.1. The summed E-state index contributed by atoms with van der Waals surface area (Å²) in [6, 6.07) is 3.84. The number of alkyl halides is 3. The van der Waals surface area contributed by atoms with E-state index < -0.39 is 30.0 Å². The molecule has 0 saturated carbocycles. The molecule has 1 aliphatic heterocycles. The molecule has 0 spiro atoms. The number of carbonyl (C=O) groups excluding carboxylic acids is 3. The van der Waals surface area contributed by atoms with E-state index in [9.17, 15) is 27.6 Å². The van der Waals surface area contributed by atoms with Crippen LogP contribution in [0.5, 0.6) is 5.75 Å². The lowest BCUT2D eigenvalue weighted by Gasteiger charge is -2.15. The molecule has 1 fully saturated rings. The van der Waals surface area contributed by atoms with E-state index in [-0.39, 0.29) is 13.1 Å². The van der Waals surface area contributed by atoms with Gasteiger partial charge in [0.2, 0.25) is 0 Å². The lowest BCUT2D eigenvalue weighted by molar-refractivity contribution is -0.274. The van der Waals surface area contributed by atoms with Crippen LogP contribution in [-0.2, 0) is 16.1 Å². The van der Waals surface area contributed by atoms with Gasteiger partial charge >= 0.3 is 24.2 Å². The Balaban J connectivity index is 2.10. The second-order valence-electron chi connectivity index (χ2n) is 4.57. The molecule has 0 bridgehead atoms. The number of carbonyl (C=O) groups is 3. The van der Waals surface area contributed by atoms with Crippen molar-refractivity contribution in [1.29, 1.82) is 0 Å². The van der Waals surface area contributed by atoms with E-state index in [4.69, 9.17) is 0 Å². The number of halogens is 3. The smallest absolute Gasteiger partial charge is 0.406 e. The van der Waals surface area contributed by atoms with Gasteiger partial charge in [0.05, 0.1) is 6.54 Å². The zero-order chi connectivity index (χ0) is 17.2. The molecule has 0 radical (unpaired) electrons. The monoisotopic (exact) mass is 328 g/mol. The molecule has 4 amide bonds. The summed E-state index contributed by atoms with van der Waals surface area (Å²) in [5.74, 6) is -2.39. The van der Waals surface area contributed by atoms with Crippen LogP contribution in [0.3, 0.4) is 0 Å². The van der Waals surface area contributed by atoms with E-state index in [1.165, 1.54) is 18.2 Å². The maximum Gasteiger partial charge on any atom is 0.573 e. The van der Waals surface area contributed by atoms with Crippen molar-refractivity contribution >= 4 is 17.8 Å². The average Bonchev–Trinajstić information content (AvgIpc) is 2.66. The molecule has 1 aromatic rings. The van der Waals surface area contributed by atoms with Crippen LogP contribution in [0.15, 0.2) is 36.9 Å². The third-order valence-corrected chi connectivity index (χ3v) is 2.94. The Bertz CT molecular complexity index is 655. The highest BCUT2D eigenvalue weighted by Gasteiger charge is 2.43. The number of imide groups is 2. The van der Waals surface area contributed by atoms with Gasteiger partial charge in [-0.05, 0) is 17.7 Å². The number of hydrogen-bond acceptors (Lipinski definition) is 4. The molecule has 1 aromatic carbocycles. The second-order valence-corrected chi connectivity index (χ2v) is 4.57. The van der Waals surface area contributed by atoms with Crippen LogP contribution < -0.4 is 4.74 Å². The molecule has 0 aliphatic carbocycles. The standard InChI is InChI=1S/C14H11F3N2O4/c1-2-7-18-11(20)12(21)19(13(18)22)8-9-3-5-10(6-4-9)23-14(15,16)17/h2-6H,1,7-8H2. The van der Waals surface area contributed by atoms with Crippen molar-refractivity contribution in [2.45, 2.75) is 12.9 Å². The third-order valence-electron chi connectivity index (χ3n) is 2.94. The number of ether oxygens (including phenoxy) is 1. The summed E-state index contributed by atoms with van der Waals surface area (Å²) in [5.41, 5.74) is 0.370. The third kappa shape index (κ3) is 3.68. The highest BCUT2D eigenvalue weighted by molar-refractivity contribution is 6.44. The molecule has 0 unspecified atom stereocenters. The predicted molar refractivity (Wildman–Crippen MR) is 71.0 cm³/mol. The molecule has 122 valence electrons. The van der Waals surface area contributed by atoms with Crippen molar-refractivity contribution in [3.8, 4) is 5.75 Å². The van der Waals surface area contributed by atoms with E-state index in [1.54, 1.807) is 0 Å². The van der Waals surface area contributed by atoms with E-state index in [1.807, 2.05) is 0 Å². The van der Waals surface area contributed by atoms with Gasteiger partial charge in [0, 0.05) is 6.54 Å². The van der Waals surface area contributed by atoms with Crippen molar-refractivity contribution in [1.82, 2.24) is 9.80 Å². The minimum absolute atomic E-state index is 0.0989. The Hall–Kier alpha value is -2.84. The van der Waals surface area contributed by atoms with Crippen molar-refractivity contribution in [3.05, 3.63) is 42.5 Å². The molecule has 0 aromatic heterocycles. The molecular weight excluding hydrogens is 317 g/mol. The summed E-state index contributed by atoms with van der Waals surface area (Å²) in [6.07, 6.45) is -3.50. The van der Waals surface area contributed by atoms with Crippen LogP contribution in [0.1, 0.15) is 5.56 Å². The summed E-state index contributed by atoms with van der Waals surface area (Å²) in [6.45, 7) is 3.05. The van der Waals surface area contributed by atoms with Gasteiger partial charge in [-0.15, -0.1) is 19.8 Å².